The summed E-state index contributed by atoms with van der Waals surface area (Å²) in [4.78, 5) is 50.3. The fourth-order valence-corrected chi connectivity index (χ4v) is 3.35. The van der Waals surface area contributed by atoms with E-state index in [0.717, 1.165) is 9.80 Å². The molecule has 1 aromatic rings. The second-order valence-electron chi connectivity index (χ2n) is 5.64. The molecule has 0 spiro atoms. The fourth-order valence-electron chi connectivity index (χ4n) is 2.93. The zero-order valence-electron chi connectivity index (χ0n) is 13.0. The molecule has 1 fully saturated rings. The van der Waals surface area contributed by atoms with Gasteiger partial charge in [0.15, 0.2) is 6.04 Å². The Labute approximate surface area is 146 Å². The minimum atomic E-state index is -1.44. The van der Waals surface area contributed by atoms with Crippen LogP contribution in [0, 0.1) is 0 Å². The smallest absolute Gasteiger partial charge is 0.352 e. The summed E-state index contributed by atoms with van der Waals surface area (Å²) < 4.78 is 0. The molecule has 25 heavy (non-hydrogen) atoms. The van der Waals surface area contributed by atoms with Crippen LogP contribution in [0.4, 0.5) is 0 Å². The maximum atomic E-state index is 12.5. The van der Waals surface area contributed by atoms with Gasteiger partial charge >= 0.3 is 5.97 Å². The second-order valence-corrected chi connectivity index (χ2v) is 6.09. The first kappa shape index (κ1) is 17.1. The number of halogens is 1. The first-order chi connectivity index (χ1) is 11.8. The van der Waals surface area contributed by atoms with Crippen molar-refractivity contribution < 1.29 is 29.4 Å². The number of carboxylic acids is 1. The average Bonchev–Trinajstić information content (AvgIpc) is 2.84. The van der Waals surface area contributed by atoms with Gasteiger partial charge in [0.2, 0.25) is 0 Å². The maximum absolute atomic E-state index is 12.5. The van der Waals surface area contributed by atoms with Crippen LogP contribution in [0.1, 0.15) is 27.6 Å². The van der Waals surface area contributed by atoms with Gasteiger partial charge in [-0.15, -0.1) is 0 Å². The molecule has 0 radical (unpaired) electrons. The van der Waals surface area contributed by atoms with E-state index < -0.39 is 47.5 Å². The third kappa shape index (κ3) is 2.33. The molecule has 1 saturated heterocycles. The molecule has 1 aromatic carbocycles. The Morgan fingerprint density at radius 3 is 2.08 bits per heavy atom. The van der Waals surface area contributed by atoms with Crippen molar-refractivity contribution in [3.8, 4) is 0 Å². The summed E-state index contributed by atoms with van der Waals surface area (Å²) in [5.74, 6) is -3.53. The van der Waals surface area contributed by atoms with Gasteiger partial charge in [0.05, 0.1) is 17.7 Å². The van der Waals surface area contributed by atoms with Gasteiger partial charge in [0.25, 0.3) is 17.7 Å². The molecular weight excluding hydrogens is 352 g/mol. The number of alkyl halides is 1. The number of likely N-dealkylation sites (tertiary alicyclic amines) is 1. The highest BCUT2D eigenvalue weighted by Gasteiger charge is 2.57. The lowest BCUT2D eigenvalue weighted by atomic mass is 10.0. The van der Waals surface area contributed by atoms with Gasteiger partial charge < -0.3 is 10.2 Å². The number of nitrogens with zero attached hydrogens (tertiary/aromatic N) is 2. The topological polar surface area (TPSA) is 115 Å². The van der Waals surface area contributed by atoms with Crippen LogP contribution in [0.15, 0.2) is 35.5 Å². The number of hydrogen-bond donors (Lipinski definition) is 2. The Kier molecular flexibility index (Phi) is 4.09. The highest BCUT2D eigenvalue weighted by molar-refractivity contribution is 6.30. The molecule has 0 saturated carbocycles. The normalized spacial score (nSPS) is 23.4. The van der Waals surface area contributed by atoms with Crippen molar-refractivity contribution in [2.24, 2.45) is 0 Å². The van der Waals surface area contributed by atoms with E-state index >= 15 is 0 Å². The number of carbonyl (C=O) groups excluding carboxylic acids is 3. The van der Waals surface area contributed by atoms with Crippen molar-refractivity contribution in [1.82, 2.24) is 9.80 Å². The Hall–Kier alpha value is -2.71. The summed E-state index contributed by atoms with van der Waals surface area (Å²) in [6, 6.07) is 4.83. The van der Waals surface area contributed by atoms with Gasteiger partial charge in [-0.3, -0.25) is 24.2 Å². The molecule has 8 nitrogen and oxygen atoms in total. The first-order valence-electron chi connectivity index (χ1n) is 7.29. The van der Waals surface area contributed by atoms with E-state index in [1.807, 2.05) is 0 Å². The zero-order valence-corrected chi connectivity index (χ0v) is 13.7. The van der Waals surface area contributed by atoms with Gasteiger partial charge in [0.1, 0.15) is 11.2 Å². The average molecular weight is 365 g/mol. The van der Waals surface area contributed by atoms with E-state index in [2.05, 4.69) is 0 Å². The SMILES string of the molecule is CC(CO)=C(C(=O)O)N1C(=O)[C@H](N2C(=O)c3ccccc3C2=O)[C@H]1Cl. The highest BCUT2D eigenvalue weighted by atomic mass is 35.5. The van der Waals surface area contributed by atoms with Gasteiger partial charge in [0, 0.05) is 0 Å². The van der Waals surface area contributed by atoms with Crippen molar-refractivity contribution in [3.05, 3.63) is 46.7 Å². The van der Waals surface area contributed by atoms with Gasteiger partial charge in [-0.25, -0.2) is 4.79 Å². The standard InChI is InChI=1S/C16H13ClN2O6/c1-7(6-20)10(16(24)25)18-12(17)11(15(18)23)19-13(21)8-4-2-3-5-9(8)14(19)22/h2-5,11-12,20H,6H2,1H3,(H,24,25)/t11-,12+/m1/s1. The molecule has 0 aliphatic carbocycles. The van der Waals surface area contributed by atoms with E-state index in [9.17, 15) is 24.3 Å². The molecule has 0 aromatic heterocycles. The number of hydrogen-bond acceptors (Lipinski definition) is 5. The monoisotopic (exact) mass is 364 g/mol. The summed E-state index contributed by atoms with van der Waals surface area (Å²) in [6.07, 6.45) is 0. The second kappa shape index (κ2) is 5.98. The molecular formula is C16H13ClN2O6. The summed E-state index contributed by atoms with van der Waals surface area (Å²) in [5.41, 5.74) is -1.32. The van der Waals surface area contributed by atoms with E-state index in [0.29, 0.717) is 0 Å². The van der Waals surface area contributed by atoms with Crippen LogP contribution in [0.5, 0.6) is 0 Å². The van der Waals surface area contributed by atoms with Crippen molar-refractivity contribution in [2.75, 3.05) is 6.61 Å². The predicted octanol–water partition coefficient (Wildman–Crippen LogP) is 0.409. The lowest BCUT2D eigenvalue weighted by molar-refractivity contribution is -0.152. The minimum Gasteiger partial charge on any atom is -0.477 e. The molecule has 2 heterocycles. The van der Waals surface area contributed by atoms with Crippen molar-refractivity contribution in [1.29, 1.82) is 0 Å². The third-order valence-electron chi connectivity index (χ3n) is 4.19. The van der Waals surface area contributed by atoms with Crippen LogP contribution in [0.25, 0.3) is 0 Å². The van der Waals surface area contributed by atoms with E-state index in [-0.39, 0.29) is 16.7 Å². The molecule has 130 valence electrons. The number of carbonyl (C=O) groups is 4. The fraction of sp³-hybridized carbons (Fsp3) is 0.250. The molecule has 2 aliphatic heterocycles. The van der Waals surface area contributed by atoms with Gasteiger partial charge in [-0.05, 0) is 24.6 Å². The largest absolute Gasteiger partial charge is 0.477 e. The number of aliphatic hydroxyl groups is 1. The quantitative estimate of drug-likeness (QED) is 0.263. The number of aliphatic hydroxyl groups excluding tert-OH is 1. The van der Waals surface area contributed by atoms with Crippen LogP contribution >= 0.6 is 11.6 Å². The van der Waals surface area contributed by atoms with Crippen LogP contribution in [-0.2, 0) is 9.59 Å². The highest BCUT2D eigenvalue weighted by Crippen LogP contribution is 2.37. The molecule has 2 N–H and O–H groups in total. The number of rotatable bonds is 4. The van der Waals surface area contributed by atoms with Gasteiger partial charge in [-0.2, -0.15) is 0 Å². The predicted molar refractivity (Wildman–Crippen MR) is 84.6 cm³/mol. The summed E-state index contributed by atoms with van der Waals surface area (Å²) in [6.45, 7) is 0.766. The maximum Gasteiger partial charge on any atom is 0.352 e. The van der Waals surface area contributed by atoms with E-state index in [1.165, 1.54) is 19.1 Å². The number of carboxylic acid groups (broad SMARTS) is 1. The summed E-state index contributed by atoms with van der Waals surface area (Å²) in [7, 11) is 0. The number of amides is 3. The minimum absolute atomic E-state index is 0.0345. The van der Waals surface area contributed by atoms with E-state index in [1.54, 1.807) is 12.1 Å². The van der Waals surface area contributed by atoms with Crippen LogP contribution in [0.3, 0.4) is 0 Å². The molecule has 2 aliphatic rings. The van der Waals surface area contributed by atoms with Crippen LogP contribution in [0.2, 0.25) is 0 Å². The van der Waals surface area contributed by atoms with Gasteiger partial charge in [-0.1, -0.05) is 23.7 Å². The van der Waals surface area contributed by atoms with Crippen LogP contribution in [-0.4, -0.2) is 61.9 Å². The molecule has 3 rings (SSSR count). The summed E-state index contributed by atoms with van der Waals surface area (Å²) in [5, 5.41) is 18.4. The number of β-lactam (4-membered cyclic amide) rings is 1. The Morgan fingerprint density at radius 2 is 1.68 bits per heavy atom. The number of benzene rings is 1. The van der Waals surface area contributed by atoms with Crippen molar-refractivity contribution in [2.45, 2.75) is 18.5 Å². The van der Waals surface area contributed by atoms with Crippen LogP contribution < -0.4 is 0 Å². The molecule has 9 heteroatoms. The van der Waals surface area contributed by atoms with Crippen molar-refractivity contribution >= 4 is 35.3 Å². The summed E-state index contributed by atoms with van der Waals surface area (Å²) >= 11 is 6.15. The lowest BCUT2D eigenvalue weighted by Gasteiger charge is -2.46. The Morgan fingerprint density at radius 1 is 1.16 bits per heavy atom. The zero-order chi connectivity index (χ0) is 18.5. The molecule has 0 bridgehead atoms. The Balaban J connectivity index is 1.93. The molecule has 2 atom stereocenters. The Bertz CT molecular complexity index is 814. The number of imide groups is 1. The molecule has 3 amide bonds. The lowest BCUT2D eigenvalue weighted by Crippen LogP contribution is -2.69. The third-order valence-corrected chi connectivity index (χ3v) is 4.62. The number of aliphatic carboxylic acids is 1. The molecule has 0 unspecified atom stereocenters. The van der Waals surface area contributed by atoms with Crippen molar-refractivity contribution in [3.63, 3.8) is 0 Å². The van der Waals surface area contributed by atoms with E-state index in [4.69, 9.17) is 16.7 Å². The number of fused-ring (bicyclic) bond motifs is 1. The first-order valence-corrected chi connectivity index (χ1v) is 7.72.